The van der Waals surface area contributed by atoms with Crippen molar-refractivity contribution in [1.29, 1.82) is 0 Å². The highest BCUT2D eigenvalue weighted by Gasteiger charge is 2.22. The first-order valence-corrected chi connectivity index (χ1v) is 7.62. The number of carbonyl (C=O) groups excluding carboxylic acids is 2. The van der Waals surface area contributed by atoms with Crippen molar-refractivity contribution in [3.05, 3.63) is 53.8 Å². The molecule has 1 aliphatic rings. The van der Waals surface area contributed by atoms with Crippen molar-refractivity contribution in [2.75, 3.05) is 23.4 Å². The topological polar surface area (TPSA) is 58.6 Å². The van der Waals surface area contributed by atoms with Crippen molar-refractivity contribution < 1.29 is 18.7 Å². The summed E-state index contributed by atoms with van der Waals surface area (Å²) in [5.41, 5.74) is 2.55. The number of fused-ring (bicyclic) bond motifs is 1. The Hall–Kier alpha value is -2.89. The predicted octanol–water partition coefficient (Wildman–Crippen LogP) is 2.75. The van der Waals surface area contributed by atoms with E-state index in [0.29, 0.717) is 18.0 Å². The van der Waals surface area contributed by atoms with Crippen LogP contribution in [-0.4, -0.2) is 25.0 Å². The van der Waals surface area contributed by atoms with Crippen LogP contribution in [0, 0.1) is 5.82 Å². The number of hydrogen-bond acceptors (Lipinski definition) is 3. The first kappa shape index (κ1) is 16.0. The Bertz CT molecular complexity index is 792. The van der Waals surface area contributed by atoms with E-state index in [9.17, 15) is 14.0 Å². The molecule has 0 saturated carbocycles. The number of ether oxygens (including phenoxy) is 1. The predicted molar refractivity (Wildman–Crippen MR) is 88.7 cm³/mol. The van der Waals surface area contributed by atoms with Crippen molar-refractivity contribution >= 4 is 23.2 Å². The van der Waals surface area contributed by atoms with Gasteiger partial charge in [-0.2, -0.15) is 0 Å². The summed E-state index contributed by atoms with van der Waals surface area (Å²) in [6.45, 7) is 1.99. The zero-order valence-electron chi connectivity index (χ0n) is 13.2. The summed E-state index contributed by atoms with van der Waals surface area (Å²) in [6.07, 6.45) is 0.762. The summed E-state index contributed by atoms with van der Waals surface area (Å²) in [5.74, 6) is -0.438. The summed E-state index contributed by atoms with van der Waals surface area (Å²) in [5, 5.41) is 2.74. The van der Waals surface area contributed by atoms with Gasteiger partial charge in [-0.3, -0.25) is 9.59 Å². The fourth-order valence-corrected chi connectivity index (χ4v) is 2.71. The molecule has 5 nitrogen and oxygen atoms in total. The van der Waals surface area contributed by atoms with Crippen LogP contribution in [0.5, 0.6) is 5.75 Å². The Morgan fingerprint density at radius 3 is 2.83 bits per heavy atom. The average Bonchev–Trinajstić information content (AvgIpc) is 2.96. The molecular weight excluding hydrogens is 311 g/mol. The van der Waals surface area contributed by atoms with Crippen LogP contribution in [0.2, 0.25) is 0 Å². The first-order valence-electron chi connectivity index (χ1n) is 7.62. The maximum Gasteiger partial charge on any atom is 0.262 e. The van der Waals surface area contributed by atoms with E-state index < -0.39 is 5.82 Å². The molecular formula is C18H17FN2O3. The van der Waals surface area contributed by atoms with E-state index in [1.807, 2.05) is 12.1 Å². The maximum absolute atomic E-state index is 13.0. The number of nitrogens with one attached hydrogen (secondary N) is 1. The Morgan fingerprint density at radius 2 is 2.08 bits per heavy atom. The number of rotatable bonds is 4. The van der Waals surface area contributed by atoms with E-state index in [1.54, 1.807) is 17.0 Å². The van der Waals surface area contributed by atoms with Gasteiger partial charge in [-0.05, 0) is 42.3 Å². The second kappa shape index (κ2) is 6.70. The van der Waals surface area contributed by atoms with Crippen LogP contribution < -0.4 is 15.0 Å². The number of nitrogens with zero attached hydrogens (tertiary/aromatic N) is 1. The summed E-state index contributed by atoms with van der Waals surface area (Å²) < 4.78 is 18.3. The SMILES string of the molecule is CC(=O)N1CCc2cc(NC(=O)COc3cccc(F)c3)ccc21. The number of amides is 2. The summed E-state index contributed by atoms with van der Waals surface area (Å²) in [4.78, 5) is 25.2. The van der Waals surface area contributed by atoms with Gasteiger partial charge in [0.1, 0.15) is 11.6 Å². The second-order valence-electron chi connectivity index (χ2n) is 5.56. The Kier molecular flexibility index (Phi) is 4.46. The minimum Gasteiger partial charge on any atom is -0.484 e. The third-order valence-corrected chi connectivity index (χ3v) is 3.80. The van der Waals surface area contributed by atoms with Gasteiger partial charge in [0.15, 0.2) is 6.61 Å². The largest absolute Gasteiger partial charge is 0.484 e. The molecule has 0 aromatic heterocycles. The molecule has 1 aliphatic heterocycles. The molecule has 2 aromatic rings. The quantitative estimate of drug-likeness (QED) is 0.939. The zero-order chi connectivity index (χ0) is 17.1. The summed E-state index contributed by atoms with van der Waals surface area (Å²) in [7, 11) is 0. The van der Waals surface area contributed by atoms with E-state index in [0.717, 1.165) is 17.7 Å². The van der Waals surface area contributed by atoms with Gasteiger partial charge in [0.2, 0.25) is 5.91 Å². The van der Waals surface area contributed by atoms with Crippen molar-refractivity contribution in [1.82, 2.24) is 0 Å². The van der Waals surface area contributed by atoms with E-state index in [4.69, 9.17) is 4.74 Å². The van der Waals surface area contributed by atoms with Gasteiger partial charge in [-0.15, -0.1) is 0 Å². The van der Waals surface area contributed by atoms with Crippen LogP contribution in [-0.2, 0) is 16.0 Å². The number of carbonyl (C=O) groups is 2. The highest BCUT2D eigenvalue weighted by atomic mass is 19.1. The number of benzene rings is 2. The van der Waals surface area contributed by atoms with Crippen molar-refractivity contribution in [2.45, 2.75) is 13.3 Å². The van der Waals surface area contributed by atoms with Gasteiger partial charge in [0.05, 0.1) is 0 Å². The fourth-order valence-electron chi connectivity index (χ4n) is 2.71. The Balaban J connectivity index is 1.60. The average molecular weight is 328 g/mol. The molecule has 0 bridgehead atoms. The lowest BCUT2D eigenvalue weighted by Gasteiger charge is -2.15. The molecule has 2 aromatic carbocycles. The molecule has 1 N–H and O–H groups in total. The van der Waals surface area contributed by atoms with E-state index in [-0.39, 0.29) is 18.4 Å². The molecule has 0 spiro atoms. The highest BCUT2D eigenvalue weighted by Crippen LogP contribution is 2.30. The lowest BCUT2D eigenvalue weighted by molar-refractivity contribution is -0.118. The van der Waals surface area contributed by atoms with Crippen LogP contribution in [0.25, 0.3) is 0 Å². The number of hydrogen-bond donors (Lipinski definition) is 1. The van der Waals surface area contributed by atoms with E-state index in [2.05, 4.69) is 5.32 Å². The van der Waals surface area contributed by atoms with Crippen LogP contribution in [0.4, 0.5) is 15.8 Å². The smallest absolute Gasteiger partial charge is 0.262 e. The lowest BCUT2D eigenvalue weighted by atomic mass is 10.1. The molecule has 24 heavy (non-hydrogen) atoms. The minimum absolute atomic E-state index is 0.00836. The van der Waals surface area contributed by atoms with Gasteiger partial charge in [-0.25, -0.2) is 4.39 Å². The van der Waals surface area contributed by atoms with Crippen molar-refractivity contribution in [2.24, 2.45) is 0 Å². The van der Waals surface area contributed by atoms with Crippen LogP contribution in [0.15, 0.2) is 42.5 Å². The van der Waals surface area contributed by atoms with Gasteiger partial charge < -0.3 is 15.0 Å². The van der Waals surface area contributed by atoms with Gasteiger partial charge in [0, 0.05) is 30.9 Å². The summed E-state index contributed by atoms with van der Waals surface area (Å²) >= 11 is 0. The standard InChI is InChI=1S/C18H17FN2O3/c1-12(22)21-8-7-13-9-15(5-6-17(13)21)20-18(23)11-24-16-4-2-3-14(19)10-16/h2-6,9-10H,7-8,11H2,1H3,(H,20,23). The molecule has 124 valence electrons. The van der Waals surface area contributed by atoms with Crippen molar-refractivity contribution in [3.8, 4) is 5.75 Å². The fraction of sp³-hybridized carbons (Fsp3) is 0.222. The Labute approximate surface area is 139 Å². The number of anilines is 2. The molecule has 0 unspecified atom stereocenters. The van der Waals surface area contributed by atoms with E-state index in [1.165, 1.54) is 25.1 Å². The third kappa shape index (κ3) is 3.53. The zero-order valence-corrected chi connectivity index (χ0v) is 13.2. The number of halogens is 1. The van der Waals surface area contributed by atoms with Gasteiger partial charge in [-0.1, -0.05) is 6.07 Å². The molecule has 0 atom stereocenters. The normalized spacial score (nSPS) is 12.7. The van der Waals surface area contributed by atoms with Crippen LogP contribution in [0.1, 0.15) is 12.5 Å². The Morgan fingerprint density at radius 1 is 1.25 bits per heavy atom. The highest BCUT2D eigenvalue weighted by molar-refractivity contribution is 5.95. The molecule has 1 heterocycles. The molecule has 6 heteroatoms. The first-order chi connectivity index (χ1) is 11.5. The lowest BCUT2D eigenvalue weighted by Crippen LogP contribution is -2.25. The van der Waals surface area contributed by atoms with E-state index >= 15 is 0 Å². The second-order valence-corrected chi connectivity index (χ2v) is 5.56. The van der Waals surface area contributed by atoms with Crippen molar-refractivity contribution in [3.63, 3.8) is 0 Å². The molecule has 0 aliphatic carbocycles. The summed E-state index contributed by atoms with van der Waals surface area (Å²) in [6, 6.07) is 11.1. The van der Waals surface area contributed by atoms with Gasteiger partial charge >= 0.3 is 0 Å². The maximum atomic E-state index is 13.0. The van der Waals surface area contributed by atoms with Gasteiger partial charge in [0.25, 0.3) is 5.91 Å². The third-order valence-electron chi connectivity index (χ3n) is 3.80. The molecule has 2 amide bonds. The molecule has 0 fully saturated rings. The molecule has 0 saturated heterocycles. The minimum atomic E-state index is -0.415. The van der Waals surface area contributed by atoms with Crippen LogP contribution in [0.3, 0.4) is 0 Å². The molecule has 3 rings (SSSR count). The molecule has 0 radical (unpaired) electrons. The monoisotopic (exact) mass is 328 g/mol. The van der Waals surface area contributed by atoms with Crippen LogP contribution >= 0.6 is 0 Å².